The molecule has 1 aliphatic rings. The first-order chi connectivity index (χ1) is 7.12. The monoisotopic (exact) mass is 310 g/mol. The quantitative estimate of drug-likeness (QED) is 0.718. The smallest absolute Gasteiger partial charge is 0.314 e. The summed E-state index contributed by atoms with van der Waals surface area (Å²) in [5.74, 6) is 0. The molecule has 0 unspecified atom stereocenters. The van der Waals surface area contributed by atoms with Crippen LogP contribution in [0.1, 0.15) is 0 Å². The Morgan fingerprint density at radius 2 is 0.882 bits per heavy atom. The molecule has 0 radical (unpaired) electrons. The minimum Gasteiger partial charge on any atom is -0.456 e. The molecule has 7 heteroatoms. The van der Waals surface area contributed by atoms with Crippen LogP contribution in [0.2, 0.25) is 65.5 Å². The fraction of sp³-hybridized carbons (Fsp3) is 1.00. The Labute approximate surface area is 112 Å². The van der Waals surface area contributed by atoms with Gasteiger partial charge in [0, 0.05) is 0 Å². The van der Waals surface area contributed by atoms with Gasteiger partial charge in [0.2, 0.25) is 0 Å². The molecule has 0 spiro atoms. The first kappa shape index (κ1) is 17.7. The minimum absolute atomic E-state index is 1.23. The zero-order chi connectivity index (χ0) is 14.1. The summed E-state index contributed by atoms with van der Waals surface area (Å²) in [6, 6.07) is 0. The van der Waals surface area contributed by atoms with Crippen molar-refractivity contribution in [3.05, 3.63) is 0 Å². The molecule has 1 aliphatic heterocycles. The average Bonchev–Trinajstić information content (AvgIpc) is 1.68. The zero-order valence-electron chi connectivity index (χ0n) is 13.2. The van der Waals surface area contributed by atoms with E-state index in [2.05, 4.69) is 65.5 Å². The van der Waals surface area contributed by atoms with E-state index in [-0.39, 0.29) is 0 Å². The largest absolute Gasteiger partial charge is 0.456 e. The molecule has 0 bridgehead atoms. The Bertz CT molecular complexity index is 219. The van der Waals surface area contributed by atoms with E-state index in [1.165, 1.54) is 0 Å². The summed E-state index contributed by atoms with van der Waals surface area (Å²) < 4.78 is 17.0. The third kappa shape index (κ3) is 10.4. The summed E-state index contributed by atoms with van der Waals surface area (Å²) in [7, 11) is -5.51. The van der Waals surface area contributed by atoms with Crippen LogP contribution in [0, 0.1) is 0 Å². The van der Waals surface area contributed by atoms with Crippen LogP contribution in [0.4, 0.5) is 0 Å². The molecule has 0 aromatic carbocycles. The van der Waals surface area contributed by atoms with Crippen LogP contribution in [-0.4, -0.2) is 33.8 Å². The van der Waals surface area contributed by atoms with Crippen LogP contribution in [0.15, 0.2) is 0 Å². The molecule has 0 saturated carbocycles. The molecule has 1 rings (SSSR count). The van der Waals surface area contributed by atoms with Gasteiger partial charge in [0.05, 0.1) is 0 Å². The van der Waals surface area contributed by atoms with Crippen molar-refractivity contribution in [3.63, 3.8) is 0 Å². The van der Waals surface area contributed by atoms with Crippen molar-refractivity contribution in [2.24, 2.45) is 0 Å². The molecule has 0 aromatic heterocycles. The van der Waals surface area contributed by atoms with E-state index in [0.29, 0.717) is 0 Å². The van der Waals surface area contributed by atoms with Gasteiger partial charge in [-0.25, -0.2) is 0 Å². The number of hydrogen-bond acceptors (Lipinski definition) is 3. The number of rotatable bonds is 2. The standard InChI is InChI=1S/C6H18OSi2.C4H12O2Si2/c1-8(2,3)7-9(4,5)6;1-7(2)5-8(3,4)6-7/h1-6H3;1-4H3. The lowest BCUT2D eigenvalue weighted by Gasteiger charge is -2.46. The molecular weight excluding hydrogens is 280 g/mol. The predicted molar refractivity (Wildman–Crippen MR) is 84.9 cm³/mol. The Hall–Kier alpha value is 0.748. The van der Waals surface area contributed by atoms with Crippen LogP contribution in [0.3, 0.4) is 0 Å². The number of hydrogen-bond donors (Lipinski definition) is 0. The van der Waals surface area contributed by atoms with E-state index in [1.807, 2.05) is 0 Å². The minimum atomic E-state index is -1.52. The molecule has 0 aliphatic carbocycles. The third-order valence-corrected chi connectivity index (χ3v) is 14.4. The summed E-state index contributed by atoms with van der Waals surface area (Å²) in [5, 5.41) is 0. The van der Waals surface area contributed by atoms with E-state index < -0.39 is 33.8 Å². The lowest BCUT2D eigenvalue weighted by atomic mass is 11.8. The molecular formula is C10H30O3Si4. The third-order valence-electron chi connectivity index (χ3n) is 1.60. The SMILES string of the molecule is C[Si](C)(C)O[Si](C)(C)C.C[Si]1(C)O[Si](C)(C)O1. The summed E-state index contributed by atoms with van der Waals surface area (Å²) >= 11 is 0. The summed E-state index contributed by atoms with van der Waals surface area (Å²) in [6.07, 6.45) is 0. The molecule has 0 amide bonds. The zero-order valence-corrected chi connectivity index (χ0v) is 17.2. The molecule has 0 atom stereocenters. The summed E-state index contributed by atoms with van der Waals surface area (Å²) in [5.41, 5.74) is 0. The van der Waals surface area contributed by atoms with E-state index in [0.717, 1.165) is 0 Å². The lowest BCUT2D eigenvalue weighted by molar-refractivity contribution is 0.237. The molecule has 104 valence electrons. The highest BCUT2D eigenvalue weighted by Gasteiger charge is 2.49. The Kier molecular flexibility index (Phi) is 5.63. The van der Waals surface area contributed by atoms with Crippen molar-refractivity contribution in [1.29, 1.82) is 0 Å². The fourth-order valence-corrected chi connectivity index (χ4v) is 19.0. The van der Waals surface area contributed by atoms with Gasteiger partial charge >= 0.3 is 17.1 Å². The van der Waals surface area contributed by atoms with Crippen molar-refractivity contribution in [2.45, 2.75) is 65.5 Å². The van der Waals surface area contributed by atoms with E-state index >= 15 is 0 Å². The van der Waals surface area contributed by atoms with Crippen LogP contribution in [-0.2, 0) is 12.3 Å². The van der Waals surface area contributed by atoms with Crippen molar-refractivity contribution in [3.8, 4) is 0 Å². The van der Waals surface area contributed by atoms with E-state index in [4.69, 9.17) is 12.3 Å². The Balaban J connectivity index is 0.000000302. The highest BCUT2D eigenvalue weighted by molar-refractivity contribution is 6.92. The van der Waals surface area contributed by atoms with Crippen LogP contribution in [0.5, 0.6) is 0 Å². The summed E-state index contributed by atoms with van der Waals surface area (Å²) in [4.78, 5) is 0. The predicted octanol–water partition coefficient (Wildman–Crippen LogP) is 4.11. The van der Waals surface area contributed by atoms with Gasteiger partial charge in [0.15, 0.2) is 16.6 Å². The molecule has 3 nitrogen and oxygen atoms in total. The van der Waals surface area contributed by atoms with Crippen molar-refractivity contribution >= 4 is 33.8 Å². The normalized spacial score (nSPS) is 22.2. The van der Waals surface area contributed by atoms with Crippen LogP contribution >= 0.6 is 0 Å². The van der Waals surface area contributed by atoms with Gasteiger partial charge in [0.25, 0.3) is 0 Å². The van der Waals surface area contributed by atoms with E-state index in [9.17, 15) is 0 Å². The maximum Gasteiger partial charge on any atom is 0.314 e. The highest BCUT2D eigenvalue weighted by atomic mass is 28.5. The lowest BCUT2D eigenvalue weighted by Crippen LogP contribution is -2.64. The van der Waals surface area contributed by atoms with Gasteiger partial charge in [-0.15, -0.1) is 0 Å². The second-order valence-electron chi connectivity index (χ2n) is 7.33. The van der Waals surface area contributed by atoms with Gasteiger partial charge in [-0.05, 0) is 65.5 Å². The molecule has 1 heterocycles. The van der Waals surface area contributed by atoms with Crippen molar-refractivity contribution in [1.82, 2.24) is 0 Å². The van der Waals surface area contributed by atoms with E-state index in [1.54, 1.807) is 0 Å². The van der Waals surface area contributed by atoms with Crippen molar-refractivity contribution < 1.29 is 12.3 Å². The molecule has 0 N–H and O–H groups in total. The Morgan fingerprint density at radius 1 is 0.647 bits per heavy atom. The van der Waals surface area contributed by atoms with Crippen LogP contribution < -0.4 is 0 Å². The topological polar surface area (TPSA) is 27.7 Å². The van der Waals surface area contributed by atoms with Crippen LogP contribution in [0.25, 0.3) is 0 Å². The highest BCUT2D eigenvalue weighted by Crippen LogP contribution is 2.29. The maximum atomic E-state index is 5.90. The maximum absolute atomic E-state index is 5.90. The fourth-order valence-electron chi connectivity index (χ4n) is 2.11. The second-order valence-corrected chi connectivity index (χ2v) is 23.8. The van der Waals surface area contributed by atoms with Gasteiger partial charge in [-0.1, -0.05) is 0 Å². The summed E-state index contributed by atoms with van der Waals surface area (Å²) in [6.45, 7) is 21.7. The van der Waals surface area contributed by atoms with Gasteiger partial charge < -0.3 is 12.3 Å². The van der Waals surface area contributed by atoms with Gasteiger partial charge in [0.1, 0.15) is 0 Å². The Morgan fingerprint density at radius 3 is 0.882 bits per heavy atom. The van der Waals surface area contributed by atoms with Gasteiger partial charge in [-0.2, -0.15) is 0 Å². The molecule has 1 saturated heterocycles. The average molecular weight is 311 g/mol. The molecule has 0 aromatic rings. The van der Waals surface area contributed by atoms with Crippen molar-refractivity contribution in [2.75, 3.05) is 0 Å². The first-order valence-electron chi connectivity index (χ1n) is 6.22. The molecule has 1 fully saturated rings. The second kappa shape index (κ2) is 5.39. The van der Waals surface area contributed by atoms with Gasteiger partial charge in [-0.3, -0.25) is 0 Å². The molecule has 17 heavy (non-hydrogen) atoms. The first-order valence-corrected chi connectivity index (χ1v) is 18.7.